The van der Waals surface area contributed by atoms with E-state index in [9.17, 15) is 5.11 Å². The van der Waals surface area contributed by atoms with E-state index < -0.39 is 6.10 Å². The maximum atomic E-state index is 10.6. The molecule has 0 amide bonds. The SMILES string of the molecule is CCOC(C(O)Cc1ncc(C)c(OC)c1C)C(C)(C)C. The van der Waals surface area contributed by atoms with Crippen molar-refractivity contribution in [2.45, 2.75) is 60.2 Å². The first-order valence-electron chi connectivity index (χ1n) is 7.51. The van der Waals surface area contributed by atoms with E-state index in [0.29, 0.717) is 13.0 Å². The molecule has 4 heteroatoms. The number of aryl methyl sites for hydroxylation is 1. The molecule has 1 heterocycles. The summed E-state index contributed by atoms with van der Waals surface area (Å²) >= 11 is 0. The highest BCUT2D eigenvalue weighted by molar-refractivity contribution is 5.41. The third-order valence-corrected chi connectivity index (χ3v) is 3.70. The van der Waals surface area contributed by atoms with Crippen LogP contribution >= 0.6 is 0 Å². The summed E-state index contributed by atoms with van der Waals surface area (Å²) in [5.74, 6) is 0.843. The molecule has 0 aliphatic heterocycles. The fourth-order valence-corrected chi connectivity index (χ4v) is 2.70. The lowest BCUT2D eigenvalue weighted by molar-refractivity contribution is -0.0876. The third-order valence-electron chi connectivity index (χ3n) is 3.70. The molecular formula is C17H29NO3. The Hall–Kier alpha value is -1.13. The van der Waals surface area contributed by atoms with Crippen LogP contribution in [0.3, 0.4) is 0 Å². The van der Waals surface area contributed by atoms with Crippen LogP contribution in [0.4, 0.5) is 0 Å². The molecule has 0 spiro atoms. The van der Waals surface area contributed by atoms with Gasteiger partial charge in [0.05, 0.1) is 19.3 Å². The van der Waals surface area contributed by atoms with E-state index in [-0.39, 0.29) is 11.5 Å². The van der Waals surface area contributed by atoms with Gasteiger partial charge in [-0.2, -0.15) is 0 Å². The van der Waals surface area contributed by atoms with Crippen molar-refractivity contribution in [3.8, 4) is 5.75 Å². The quantitative estimate of drug-likeness (QED) is 0.876. The molecule has 1 aromatic heterocycles. The molecule has 1 rings (SSSR count). The highest BCUT2D eigenvalue weighted by atomic mass is 16.5. The summed E-state index contributed by atoms with van der Waals surface area (Å²) in [6.45, 7) is 12.7. The zero-order chi connectivity index (χ0) is 16.2. The first-order valence-corrected chi connectivity index (χ1v) is 7.51. The van der Waals surface area contributed by atoms with E-state index >= 15 is 0 Å². The molecular weight excluding hydrogens is 266 g/mol. The van der Waals surface area contributed by atoms with Crippen LogP contribution in [0, 0.1) is 19.3 Å². The Labute approximate surface area is 128 Å². The van der Waals surface area contributed by atoms with Gasteiger partial charge in [0, 0.05) is 36.0 Å². The molecule has 4 nitrogen and oxygen atoms in total. The number of aliphatic hydroxyl groups excluding tert-OH is 1. The van der Waals surface area contributed by atoms with Crippen molar-refractivity contribution >= 4 is 0 Å². The van der Waals surface area contributed by atoms with Crippen LogP contribution in [0.2, 0.25) is 0 Å². The van der Waals surface area contributed by atoms with Crippen molar-refractivity contribution in [2.24, 2.45) is 5.41 Å². The van der Waals surface area contributed by atoms with Crippen molar-refractivity contribution in [2.75, 3.05) is 13.7 Å². The largest absolute Gasteiger partial charge is 0.496 e. The summed E-state index contributed by atoms with van der Waals surface area (Å²) in [5, 5.41) is 10.6. The Morgan fingerprint density at radius 1 is 1.29 bits per heavy atom. The molecule has 0 fully saturated rings. The van der Waals surface area contributed by atoms with Crippen LogP contribution in [0.15, 0.2) is 6.20 Å². The van der Waals surface area contributed by atoms with Crippen LogP contribution in [0.25, 0.3) is 0 Å². The van der Waals surface area contributed by atoms with Crippen LogP contribution in [-0.2, 0) is 11.2 Å². The number of aliphatic hydroxyl groups is 1. The van der Waals surface area contributed by atoms with E-state index in [1.54, 1.807) is 13.3 Å². The van der Waals surface area contributed by atoms with Crippen LogP contribution in [-0.4, -0.2) is 36.0 Å². The fourth-order valence-electron chi connectivity index (χ4n) is 2.70. The second-order valence-electron chi connectivity index (χ2n) is 6.56. The molecule has 0 aromatic carbocycles. The summed E-state index contributed by atoms with van der Waals surface area (Å²) in [4.78, 5) is 4.46. The Morgan fingerprint density at radius 2 is 1.90 bits per heavy atom. The monoisotopic (exact) mass is 295 g/mol. The topological polar surface area (TPSA) is 51.6 Å². The predicted molar refractivity (Wildman–Crippen MR) is 84.8 cm³/mol. The van der Waals surface area contributed by atoms with E-state index in [2.05, 4.69) is 25.8 Å². The highest BCUT2D eigenvalue weighted by Crippen LogP contribution is 2.29. The molecule has 0 aliphatic rings. The highest BCUT2D eigenvalue weighted by Gasteiger charge is 2.32. The lowest BCUT2D eigenvalue weighted by Gasteiger charge is -2.34. The van der Waals surface area contributed by atoms with E-state index in [4.69, 9.17) is 9.47 Å². The average molecular weight is 295 g/mol. The predicted octanol–water partition coefficient (Wildman–Crippen LogP) is 3.06. The lowest BCUT2D eigenvalue weighted by atomic mass is 9.84. The Morgan fingerprint density at radius 3 is 2.38 bits per heavy atom. The Bertz CT molecular complexity index is 466. The maximum absolute atomic E-state index is 10.6. The lowest BCUT2D eigenvalue weighted by Crippen LogP contribution is -2.41. The van der Waals surface area contributed by atoms with Crippen molar-refractivity contribution in [1.29, 1.82) is 0 Å². The van der Waals surface area contributed by atoms with Crippen molar-refractivity contribution in [1.82, 2.24) is 4.98 Å². The zero-order valence-corrected chi connectivity index (χ0v) is 14.4. The van der Waals surface area contributed by atoms with Crippen molar-refractivity contribution < 1.29 is 14.6 Å². The fraction of sp³-hybridized carbons (Fsp3) is 0.706. The van der Waals surface area contributed by atoms with Gasteiger partial charge >= 0.3 is 0 Å². The van der Waals surface area contributed by atoms with Crippen LogP contribution in [0.5, 0.6) is 5.75 Å². The molecule has 1 aromatic rings. The van der Waals surface area contributed by atoms with E-state index in [1.165, 1.54) is 0 Å². The van der Waals surface area contributed by atoms with Gasteiger partial charge in [-0.05, 0) is 26.2 Å². The Balaban J connectivity index is 2.99. The number of pyridine rings is 1. The molecule has 21 heavy (non-hydrogen) atoms. The van der Waals surface area contributed by atoms with Gasteiger partial charge in [-0.3, -0.25) is 4.98 Å². The number of rotatable bonds is 6. The minimum Gasteiger partial charge on any atom is -0.496 e. The standard InChI is InChI=1S/C17H29NO3/c1-8-21-16(17(4,5)6)14(19)9-13-12(3)15(20-7)11(2)10-18-13/h10,14,16,19H,8-9H2,1-7H3. The summed E-state index contributed by atoms with van der Waals surface area (Å²) in [7, 11) is 1.66. The second kappa shape index (κ2) is 7.23. The smallest absolute Gasteiger partial charge is 0.128 e. The molecule has 0 saturated carbocycles. The molecule has 120 valence electrons. The minimum absolute atomic E-state index is 0.127. The van der Waals surface area contributed by atoms with Gasteiger partial charge in [0.1, 0.15) is 5.75 Å². The molecule has 0 aliphatic carbocycles. The minimum atomic E-state index is -0.594. The van der Waals surface area contributed by atoms with Gasteiger partial charge < -0.3 is 14.6 Å². The summed E-state index contributed by atoms with van der Waals surface area (Å²) in [6, 6.07) is 0. The molecule has 0 bridgehead atoms. The molecule has 1 N–H and O–H groups in total. The first-order chi connectivity index (χ1) is 9.72. The van der Waals surface area contributed by atoms with Crippen LogP contribution in [0.1, 0.15) is 44.5 Å². The molecule has 0 saturated heterocycles. The summed E-state index contributed by atoms with van der Waals surface area (Å²) in [6.07, 6.45) is 1.44. The average Bonchev–Trinajstić information content (AvgIpc) is 2.38. The van der Waals surface area contributed by atoms with Gasteiger partial charge in [0.15, 0.2) is 0 Å². The molecule has 0 radical (unpaired) electrons. The van der Waals surface area contributed by atoms with Gasteiger partial charge in [0.2, 0.25) is 0 Å². The van der Waals surface area contributed by atoms with E-state index in [1.807, 2.05) is 20.8 Å². The number of hydrogen-bond acceptors (Lipinski definition) is 4. The number of nitrogens with zero attached hydrogens (tertiary/aromatic N) is 1. The number of methoxy groups -OCH3 is 1. The van der Waals surface area contributed by atoms with Gasteiger partial charge in [-0.25, -0.2) is 0 Å². The number of ether oxygens (including phenoxy) is 2. The third kappa shape index (κ3) is 4.42. The van der Waals surface area contributed by atoms with Gasteiger partial charge in [0.25, 0.3) is 0 Å². The normalized spacial score (nSPS) is 14.9. The number of aromatic nitrogens is 1. The van der Waals surface area contributed by atoms with E-state index in [0.717, 1.165) is 22.6 Å². The van der Waals surface area contributed by atoms with Gasteiger partial charge in [-0.15, -0.1) is 0 Å². The molecule has 2 unspecified atom stereocenters. The summed E-state index contributed by atoms with van der Waals surface area (Å²) < 4.78 is 11.2. The second-order valence-corrected chi connectivity index (χ2v) is 6.56. The van der Waals surface area contributed by atoms with Crippen LogP contribution < -0.4 is 4.74 Å². The van der Waals surface area contributed by atoms with Gasteiger partial charge in [-0.1, -0.05) is 20.8 Å². The zero-order valence-electron chi connectivity index (χ0n) is 14.4. The van der Waals surface area contributed by atoms with Crippen molar-refractivity contribution in [3.05, 3.63) is 23.0 Å². The Kier molecular flexibility index (Phi) is 6.17. The maximum Gasteiger partial charge on any atom is 0.128 e. The summed E-state index contributed by atoms with van der Waals surface area (Å²) in [5.41, 5.74) is 2.73. The molecule has 2 atom stereocenters. The first kappa shape index (κ1) is 17.9. The van der Waals surface area contributed by atoms with Crippen molar-refractivity contribution in [3.63, 3.8) is 0 Å². The number of hydrogen-bond donors (Lipinski definition) is 1.